The van der Waals surface area contributed by atoms with Crippen LogP contribution in [0.25, 0.3) is 11.1 Å². The molecule has 138 valence electrons. The van der Waals surface area contributed by atoms with Gasteiger partial charge in [-0.2, -0.15) is 0 Å². The van der Waals surface area contributed by atoms with E-state index in [-0.39, 0.29) is 25.1 Å². The number of hydrogen-bond donors (Lipinski definition) is 1. The molecule has 1 amide bonds. The number of nitrogens with two attached hydrogens (primary N) is 1. The lowest BCUT2D eigenvalue weighted by molar-refractivity contribution is -0.147. The lowest BCUT2D eigenvalue weighted by Crippen LogP contribution is -2.14. The molecule has 0 aliphatic rings. The highest BCUT2D eigenvalue weighted by Crippen LogP contribution is 2.30. The molecule has 2 rings (SSSR count). The summed E-state index contributed by atoms with van der Waals surface area (Å²) in [5.41, 5.74) is 8.23. The standard InChI is InChI=1S/C20H22ClNO4/c1-12(2)26-19(23)8-9-25-18-7-4-14(10-13(18)3)16-6-5-15(21)11-17(16)20(22)24/h4-7,10-12H,8-9H2,1-3H3,(H2,22,24). The first-order valence-corrected chi connectivity index (χ1v) is 8.68. The van der Waals surface area contributed by atoms with Gasteiger partial charge in [0.25, 0.3) is 0 Å². The summed E-state index contributed by atoms with van der Waals surface area (Å²) in [6.45, 7) is 5.74. The predicted octanol–water partition coefficient (Wildman–Crippen LogP) is 4.13. The smallest absolute Gasteiger partial charge is 0.309 e. The molecule has 0 aliphatic heterocycles. The molecule has 2 aromatic carbocycles. The minimum absolute atomic E-state index is 0.137. The molecule has 5 nitrogen and oxygen atoms in total. The van der Waals surface area contributed by atoms with Gasteiger partial charge < -0.3 is 15.2 Å². The number of amides is 1. The first-order chi connectivity index (χ1) is 12.3. The summed E-state index contributed by atoms with van der Waals surface area (Å²) in [6.07, 6.45) is 0.0462. The summed E-state index contributed by atoms with van der Waals surface area (Å²) in [5.74, 6) is -0.161. The van der Waals surface area contributed by atoms with Crippen molar-refractivity contribution in [2.24, 2.45) is 5.73 Å². The molecule has 0 radical (unpaired) electrons. The van der Waals surface area contributed by atoms with E-state index in [2.05, 4.69) is 0 Å². The highest BCUT2D eigenvalue weighted by molar-refractivity contribution is 6.31. The normalized spacial score (nSPS) is 10.7. The largest absolute Gasteiger partial charge is 0.493 e. The first kappa shape index (κ1) is 19.8. The van der Waals surface area contributed by atoms with E-state index in [9.17, 15) is 9.59 Å². The van der Waals surface area contributed by atoms with Gasteiger partial charge in [0.15, 0.2) is 0 Å². The van der Waals surface area contributed by atoms with Gasteiger partial charge in [-0.25, -0.2) is 0 Å². The Kier molecular flexibility index (Phi) is 6.64. The summed E-state index contributed by atoms with van der Waals surface area (Å²) in [5, 5.41) is 0.451. The van der Waals surface area contributed by atoms with Crippen LogP contribution in [0.2, 0.25) is 5.02 Å². The number of hydrogen-bond acceptors (Lipinski definition) is 4. The van der Waals surface area contributed by atoms with Crippen molar-refractivity contribution >= 4 is 23.5 Å². The molecule has 0 bridgehead atoms. The zero-order valence-corrected chi connectivity index (χ0v) is 15.8. The second-order valence-electron chi connectivity index (χ2n) is 6.17. The van der Waals surface area contributed by atoms with Gasteiger partial charge in [0.1, 0.15) is 5.75 Å². The van der Waals surface area contributed by atoms with E-state index in [1.807, 2.05) is 19.1 Å². The van der Waals surface area contributed by atoms with Crippen LogP contribution in [0.5, 0.6) is 5.75 Å². The van der Waals surface area contributed by atoms with Crippen LogP contribution in [0.1, 0.15) is 36.2 Å². The third-order valence-corrected chi connectivity index (χ3v) is 3.90. The Bertz CT molecular complexity index is 817. The van der Waals surface area contributed by atoms with Crippen molar-refractivity contribution in [2.45, 2.75) is 33.3 Å². The fraction of sp³-hybridized carbons (Fsp3) is 0.300. The second kappa shape index (κ2) is 8.72. The van der Waals surface area contributed by atoms with Crippen LogP contribution in [0.4, 0.5) is 0 Å². The molecular weight excluding hydrogens is 354 g/mol. The molecule has 2 N–H and O–H groups in total. The second-order valence-corrected chi connectivity index (χ2v) is 6.61. The molecule has 0 aliphatic carbocycles. The minimum Gasteiger partial charge on any atom is -0.493 e. The van der Waals surface area contributed by atoms with Gasteiger partial charge in [0.05, 0.1) is 19.1 Å². The molecule has 0 saturated carbocycles. The monoisotopic (exact) mass is 375 g/mol. The van der Waals surface area contributed by atoms with E-state index >= 15 is 0 Å². The third kappa shape index (κ3) is 5.23. The Morgan fingerprint density at radius 3 is 2.50 bits per heavy atom. The zero-order chi connectivity index (χ0) is 19.3. The van der Waals surface area contributed by atoms with Crippen molar-refractivity contribution in [1.29, 1.82) is 0 Å². The molecular formula is C20H22ClNO4. The average molecular weight is 376 g/mol. The van der Waals surface area contributed by atoms with Crippen molar-refractivity contribution in [2.75, 3.05) is 6.61 Å². The van der Waals surface area contributed by atoms with Gasteiger partial charge in [-0.05, 0) is 61.7 Å². The molecule has 0 atom stereocenters. The van der Waals surface area contributed by atoms with Crippen molar-refractivity contribution in [1.82, 2.24) is 0 Å². The van der Waals surface area contributed by atoms with E-state index in [4.69, 9.17) is 26.8 Å². The Labute approximate surface area is 158 Å². The molecule has 0 spiro atoms. The number of rotatable bonds is 7. The van der Waals surface area contributed by atoms with Gasteiger partial charge in [0, 0.05) is 10.6 Å². The molecule has 0 saturated heterocycles. The highest BCUT2D eigenvalue weighted by Gasteiger charge is 2.13. The number of aryl methyl sites for hydroxylation is 1. The fourth-order valence-electron chi connectivity index (χ4n) is 2.52. The van der Waals surface area contributed by atoms with E-state index in [1.54, 1.807) is 38.1 Å². The van der Waals surface area contributed by atoms with E-state index in [1.165, 1.54) is 0 Å². The third-order valence-electron chi connectivity index (χ3n) is 3.66. The first-order valence-electron chi connectivity index (χ1n) is 8.30. The van der Waals surface area contributed by atoms with Crippen LogP contribution in [-0.2, 0) is 9.53 Å². The Morgan fingerprint density at radius 1 is 1.15 bits per heavy atom. The molecule has 26 heavy (non-hydrogen) atoms. The zero-order valence-electron chi connectivity index (χ0n) is 15.0. The Balaban J connectivity index is 2.13. The van der Waals surface area contributed by atoms with Crippen molar-refractivity contribution in [3.63, 3.8) is 0 Å². The maximum absolute atomic E-state index is 11.7. The summed E-state index contributed by atoms with van der Waals surface area (Å²) >= 11 is 5.95. The molecule has 0 heterocycles. The van der Waals surface area contributed by atoms with Crippen LogP contribution in [0.15, 0.2) is 36.4 Å². The number of ether oxygens (including phenoxy) is 2. The number of esters is 1. The number of halogens is 1. The van der Waals surface area contributed by atoms with Gasteiger partial charge in [-0.1, -0.05) is 23.7 Å². The molecule has 6 heteroatoms. The Morgan fingerprint density at radius 2 is 1.88 bits per heavy atom. The van der Waals surface area contributed by atoms with Gasteiger partial charge in [-0.15, -0.1) is 0 Å². The van der Waals surface area contributed by atoms with E-state index in [0.29, 0.717) is 21.9 Å². The number of primary amides is 1. The number of carbonyl (C=O) groups is 2. The molecule has 0 unspecified atom stereocenters. The van der Waals surface area contributed by atoms with Gasteiger partial charge in [-0.3, -0.25) is 9.59 Å². The SMILES string of the molecule is Cc1cc(-c2ccc(Cl)cc2C(N)=O)ccc1OCCC(=O)OC(C)C. The lowest BCUT2D eigenvalue weighted by atomic mass is 9.97. The number of carbonyl (C=O) groups excluding carboxylic acids is 2. The van der Waals surface area contributed by atoms with Gasteiger partial charge >= 0.3 is 5.97 Å². The van der Waals surface area contributed by atoms with Crippen LogP contribution >= 0.6 is 11.6 Å². The molecule has 2 aromatic rings. The predicted molar refractivity (Wildman–Crippen MR) is 101 cm³/mol. The topological polar surface area (TPSA) is 78.6 Å². The summed E-state index contributed by atoms with van der Waals surface area (Å²) < 4.78 is 10.7. The van der Waals surface area contributed by atoms with Crippen molar-refractivity contribution in [3.05, 3.63) is 52.5 Å². The molecule has 0 fully saturated rings. The van der Waals surface area contributed by atoms with E-state index < -0.39 is 5.91 Å². The highest BCUT2D eigenvalue weighted by atomic mass is 35.5. The van der Waals surface area contributed by atoms with Crippen LogP contribution in [0, 0.1) is 6.92 Å². The average Bonchev–Trinajstić information content (AvgIpc) is 2.55. The van der Waals surface area contributed by atoms with Gasteiger partial charge in [0.2, 0.25) is 5.91 Å². The van der Waals surface area contributed by atoms with Crippen LogP contribution < -0.4 is 10.5 Å². The van der Waals surface area contributed by atoms with Crippen LogP contribution in [0.3, 0.4) is 0 Å². The maximum atomic E-state index is 11.7. The van der Waals surface area contributed by atoms with E-state index in [0.717, 1.165) is 11.1 Å². The summed E-state index contributed by atoms with van der Waals surface area (Å²) in [7, 11) is 0. The fourth-order valence-corrected chi connectivity index (χ4v) is 2.69. The van der Waals surface area contributed by atoms with Crippen molar-refractivity contribution in [3.8, 4) is 16.9 Å². The Hall–Kier alpha value is -2.53. The minimum atomic E-state index is -0.538. The number of benzene rings is 2. The maximum Gasteiger partial charge on any atom is 0.309 e. The quantitative estimate of drug-likeness (QED) is 0.738. The molecule has 0 aromatic heterocycles. The lowest BCUT2D eigenvalue weighted by Gasteiger charge is -2.13. The summed E-state index contributed by atoms with van der Waals surface area (Å²) in [4.78, 5) is 23.2. The van der Waals surface area contributed by atoms with Crippen molar-refractivity contribution < 1.29 is 19.1 Å². The summed E-state index contributed by atoms with van der Waals surface area (Å²) in [6, 6.07) is 10.6. The van der Waals surface area contributed by atoms with Crippen LogP contribution in [-0.4, -0.2) is 24.6 Å².